The summed E-state index contributed by atoms with van der Waals surface area (Å²) >= 11 is 5.66. The topological polar surface area (TPSA) is 111 Å². The molecule has 1 amide bonds. The van der Waals surface area contributed by atoms with E-state index >= 15 is 0 Å². The van der Waals surface area contributed by atoms with E-state index in [1.54, 1.807) is 24.3 Å². The Morgan fingerprint density at radius 2 is 2.12 bits per heavy atom. The fourth-order valence-electron chi connectivity index (χ4n) is 3.04. The molecule has 166 valence electrons. The van der Waals surface area contributed by atoms with Crippen molar-refractivity contribution in [3.63, 3.8) is 0 Å². The predicted molar refractivity (Wildman–Crippen MR) is 119 cm³/mol. The summed E-state index contributed by atoms with van der Waals surface area (Å²) in [5.41, 5.74) is 1.37. The van der Waals surface area contributed by atoms with Gasteiger partial charge in [-0.2, -0.15) is 0 Å². The van der Waals surface area contributed by atoms with E-state index in [9.17, 15) is 4.79 Å². The highest BCUT2D eigenvalue weighted by Crippen LogP contribution is 2.41. The second kappa shape index (κ2) is 10.6. The number of rotatable bonds is 9. The Kier molecular flexibility index (Phi) is 7.19. The molecule has 0 aliphatic carbocycles. The van der Waals surface area contributed by atoms with Crippen LogP contribution in [0, 0.1) is 0 Å². The minimum Gasteiger partial charge on any atom is -0.494 e. The van der Waals surface area contributed by atoms with Crippen molar-refractivity contribution in [2.24, 2.45) is 0 Å². The second-order valence-electron chi connectivity index (χ2n) is 6.97. The Hall–Kier alpha value is -3.59. The Morgan fingerprint density at radius 3 is 2.91 bits per heavy atom. The summed E-state index contributed by atoms with van der Waals surface area (Å²) in [4.78, 5) is 12.5. The van der Waals surface area contributed by atoms with Crippen molar-refractivity contribution in [3.05, 3.63) is 59.9 Å². The first-order chi connectivity index (χ1) is 15.7. The van der Waals surface area contributed by atoms with Crippen molar-refractivity contribution in [1.82, 2.24) is 20.6 Å². The number of aromatic amines is 1. The Balaban J connectivity index is 1.36. The lowest BCUT2D eigenvalue weighted by Crippen LogP contribution is -2.24. The lowest BCUT2D eigenvalue weighted by atomic mass is 10.2. The van der Waals surface area contributed by atoms with Gasteiger partial charge in [-0.05, 0) is 59.2 Å². The summed E-state index contributed by atoms with van der Waals surface area (Å²) < 4.78 is 17.4. The van der Waals surface area contributed by atoms with E-state index in [0.717, 1.165) is 24.2 Å². The fourth-order valence-corrected chi connectivity index (χ4v) is 3.23. The number of hydrogen-bond acceptors (Lipinski definition) is 7. The molecule has 0 fully saturated rings. The number of unbranched alkanes of at least 4 members (excludes halogenated alkanes) is 1. The number of carbonyl (C=O) groups excluding carboxylic acids is 1. The van der Waals surface area contributed by atoms with Gasteiger partial charge in [0, 0.05) is 12.0 Å². The zero-order valence-electron chi connectivity index (χ0n) is 17.2. The Labute approximate surface area is 189 Å². The molecule has 10 heteroatoms. The quantitative estimate of drug-likeness (QED) is 0.287. The van der Waals surface area contributed by atoms with E-state index in [1.807, 2.05) is 24.3 Å². The van der Waals surface area contributed by atoms with Gasteiger partial charge in [-0.3, -0.25) is 4.79 Å². The number of H-pyrrole nitrogens is 1. The third-order valence-electron chi connectivity index (χ3n) is 4.66. The van der Waals surface area contributed by atoms with Crippen LogP contribution < -0.4 is 19.5 Å². The largest absolute Gasteiger partial charge is 0.494 e. The van der Waals surface area contributed by atoms with E-state index in [-0.39, 0.29) is 12.5 Å². The molecule has 1 aromatic heterocycles. The number of halogens is 1. The molecule has 0 spiro atoms. The van der Waals surface area contributed by atoms with E-state index in [2.05, 4.69) is 25.9 Å². The molecule has 1 atom stereocenters. The van der Waals surface area contributed by atoms with Gasteiger partial charge in [-0.1, -0.05) is 18.2 Å². The molecular weight excluding hydrogens is 434 g/mol. The number of fused-ring (bicyclic) bond motifs is 1. The summed E-state index contributed by atoms with van der Waals surface area (Å²) in [7, 11) is 0. The SMILES string of the molecule is O=C(/C=C/c1ccc(OCCCCCl)cc1)Nc1cccc2c1OC(c1nnn[nH]1)CO2. The molecule has 1 aliphatic heterocycles. The Bertz CT molecular complexity index is 1060. The summed E-state index contributed by atoms with van der Waals surface area (Å²) in [6.07, 6.45) is 4.53. The molecule has 1 aliphatic rings. The number of aromatic nitrogens is 4. The summed E-state index contributed by atoms with van der Waals surface area (Å²) in [6, 6.07) is 12.8. The van der Waals surface area contributed by atoms with E-state index < -0.39 is 6.10 Å². The molecule has 2 aromatic carbocycles. The maximum atomic E-state index is 12.5. The third-order valence-corrected chi connectivity index (χ3v) is 4.93. The van der Waals surface area contributed by atoms with Gasteiger partial charge in [0.25, 0.3) is 0 Å². The average Bonchev–Trinajstić information content (AvgIpc) is 3.36. The minimum absolute atomic E-state index is 0.258. The highest BCUT2D eigenvalue weighted by atomic mass is 35.5. The fraction of sp³-hybridized carbons (Fsp3) is 0.273. The number of anilines is 1. The first-order valence-corrected chi connectivity index (χ1v) is 10.7. The number of carbonyl (C=O) groups is 1. The molecule has 0 radical (unpaired) electrons. The highest BCUT2D eigenvalue weighted by molar-refractivity contribution is 6.17. The number of alkyl halides is 1. The number of nitrogens with one attached hydrogen (secondary N) is 2. The minimum atomic E-state index is -0.498. The van der Waals surface area contributed by atoms with Crippen LogP contribution >= 0.6 is 11.6 Å². The summed E-state index contributed by atoms with van der Waals surface area (Å²) in [6.45, 7) is 0.888. The van der Waals surface area contributed by atoms with E-state index in [4.69, 9.17) is 25.8 Å². The highest BCUT2D eigenvalue weighted by Gasteiger charge is 2.27. The van der Waals surface area contributed by atoms with Gasteiger partial charge in [0.15, 0.2) is 23.4 Å². The van der Waals surface area contributed by atoms with Crippen LogP contribution in [0.1, 0.15) is 30.3 Å². The van der Waals surface area contributed by atoms with Gasteiger partial charge in [0.2, 0.25) is 5.91 Å². The number of ether oxygens (including phenoxy) is 3. The molecule has 0 saturated heterocycles. The van der Waals surface area contributed by atoms with Crippen molar-refractivity contribution in [3.8, 4) is 17.2 Å². The van der Waals surface area contributed by atoms with Crippen LogP contribution in [0.3, 0.4) is 0 Å². The molecule has 32 heavy (non-hydrogen) atoms. The predicted octanol–water partition coefficient (Wildman–Crippen LogP) is 3.76. The van der Waals surface area contributed by atoms with Gasteiger partial charge in [-0.25, -0.2) is 5.10 Å². The van der Waals surface area contributed by atoms with Gasteiger partial charge in [-0.15, -0.1) is 16.7 Å². The molecular formula is C22H22ClN5O4. The molecule has 0 bridgehead atoms. The van der Waals surface area contributed by atoms with E-state index in [1.165, 1.54) is 6.08 Å². The van der Waals surface area contributed by atoms with Crippen LogP contribution in [0.15, 0.2) is 48.5 Å². The normalized spacial score (nSPS) is 15.0. The third kappa shape index (κ3) is 5.55. The molecule has 4 rings (SSSR count). The van der Waals surface area contributed by atoms with Gasteiger partial charge in [0.1, 0.15) is 12.4 Å². The molecule has 3 aromatic rings. The van der Waals surface area contributed by atoms with Crippen molar-refractivity contribution in [2.45, 2.75) is 18.9 Å². The molecule has 2 N–H and O–H groups in total. The van der Waals surface area contributed by atoms with Crippen LogP contribution in [0.2, 0.25) is 0 Å². The lowest BCUT2D eigenvalue weighted by Gasteiger charge is -2.26. The van der Waals surface area contributed by atoms with Crippen molar-refractivity contribution >= 4 is 29.3 Å². The van der Waals surface area contributed by atoms with Gasteiger partial charge in [0.05, 0.1) is 12.3 Å². The monoisotopic (exact) mass is 455 g/mol. The zero-order chi connectivity index (χ0) is 22.2. The standard InChI is InChI=1S/C22H22ClN5O4/c23-12-1-2-13-30-16-9-6-15(7-10-16)8-11-20(29)24-17-4-3-5-18-21(17)32-19(14-31-18)22-25-27-28-26-22/h3-11,19H,1-2,12-14H2,(H,24,29)(H,25,26,27,28)/b11-8+. The summed E-state index contributed by atoms with van der Waals surface area (Å²) in [5.74, 6) is 2.54. The maximum absolute atomic E-state index is 12.5. The van der Waals surface area contributed by atoms with Crippen molar-refractivity contribution in [1.29, 1.82) is 0 Å². The van der Waals surface area contributed by atoms with Crippen LogP contribution in [0.4, 0.5) is 5.69 Å². The Morgan fingerprint density at radius 1 is 1.25 bits per heavy atom. The van der Waals surface area contributed by atoms with Crippen LogP contribution in [-0.4, -0.2) is 45.6 Å². The smallest absolute Gasteiger partial charge is 0.248 e. The van der Waals surface area contributed by atoms with Crippen LogP contribution in [-0.2, 0) is 4.79 Å². The summed E-state index contributed by atoms with van der Waals surface area (Å²) in [5, 5.41) is 16.5. The zero-order valence-corrected chi connectivity index (χ0v) is 17.9. The van der Waals surface area contributed by atoms with Crippen LogP contribution in [0.5, 0.6) is 17.2 Å². The molecule has 1 unspecified atom stereocenters. The first-order valence-electron chi connectivity index (χ1n) is 10.2. The lowest BCUT2D eigenvalue weighted by molar-refractivity contribution is -0.111. The average molecular weight is 456 g/mol. The van der Waals surface area contributed by atoms with Crippen LogP contribution in [0.25, 0.3) is 6.08 Å². The first kappa shape index (κ1) is 21.6. The second-order valence-corrected chi connectivity index (χ2v) is 7.35. The number of benzene rings is 2. The maximum Gasteiger partial charge on any atom is 0.248 e. The van der Waals surface area contributed by atoms with Gasteiger partial charge >= 0.3 is 0 Å². The molecule has 2 heterocycles. The molecule has 9 nitrogen and oxygen atoms in total. The molecule has 0 saturated carbocycles. The number of hydrogen-bond donors (Lipinski definition) is 2. The number of tetrazole rings is 1. The van der Waals surface area contributed by atoms with E-state index in [0.29, 0.717) is 35.5 Å². The number of nitrogens with zero attached hydrogens (tertiary/aromatic N) is 3. The van der Waals surface area contributed by atoms with Crippen molar-refractivity contribution in [2.75, 3.05) is 24.4 Å². The van der Waals surface area contributed by atoms with Crippen molar-refractivity contribution < 1.29 is 19.0 Å². The van der Waals surface area contributed by atoms with Gasteiger partial charge < -0.3 is 19.5 Å². The number of para-hydroxylation sites is 1. The number of amides is 1.